The van der Waals surface area contributed by atoms with Crippen molar-refractivity contribution in [1.29, 1.82) is 0 Å². The number of carbonyl (C=O) groups excluding carboxylic acids is 1. The summed E-state index contributed by atoms with van der Waals surface area (Å²) in [5.41, 5.74) is -1.43. The zero-order chi connectivity index (χ0) is 20.0. The van der Waals surface area contributed by atoms with Crippen LogP contribution in [0.2, 0.25) is 0 Å². The zero-order valence-corrected chi connectivity index (χ0v) is 14.7. The fourth-order valence-corrected chi connectivity index (χ4v) is 2.57. The van der Waals surface area contributed by atoms with Crippen molar-refractivity contribution in [3.05, 3.63) is 23.4 Å². The molecule has 0 bridgehead atoms. The molecule has 1 aliphatic rings. The summed E-state index contributed by atoms with van der Waals surface area (Å²) in [6.07, 6.45) is -3.24. The number of carboxylic acids is 1. The number of ether oxygens (including phenoxy) is 2. The summed E-state index contributed by atoms with van der Waals surface area (Å²) >= 11 is 0. The van der Waals surface area contributed by atoms with Crippen molar-refractivity contribution in [3.8, 4) is 5.88 Å². The summed E-state index contributed by atoms with van der Waals surface area (Å²) in [6.45, 7) is 2.62. The van der Waals surface area contributed by atoms with Gasteiger partial charge in [0.15, 0.2) is 0 Å². The minimum absolute atomic E-state index is 0.0250. The molecule has 1 aromatic heterocycles. The molecule has 2 N–H and O–H groups in total. The first-order valence-electron chi connectivity index (χ1n) is 8.54. The highest BCUT2D eigenvalue weighted by molar-refractivity contribution is 5.95. The van der Waals surface area contributed by atoms with Gasteiger partial charge in [0.05, 0.1) is 6.61 Å². The fourth-order valence-electron chi connectivity index (χ4n) is 2.57. The molecule has 0 spiro atoms. The van der Waals surface area contributed by atoms with Crippen molar-refractivity contribution >= 4 is 11.9 Å². The summed E-state index contributed by atoms with van der Waals surface area (Å²) < 4.78 is 50.1. The van der Waals surface area contributed by atoms with Gasteiger partial charge in [0.25, 0.3) is 5.91 Å². The Balaban J connectivity index is 2.19. The molecule has 1 aliphatic heterocycles. The molecule has 0 radical (unpaired) electrons. The first-order valence-corrected chi connectivity index (χ1v) is 8.54. The van der Waals surface area contributed by atoms with Crippen molar-refractivity contribution in [1.82, 2.24) is 10.3 Å². The van der Waals surface area contributed by atoms with E-state index in [1.54, 1.807) is 6.92 Å². The Labute approximate surface area is 153 Å². The van der Waals surface area contributed by atoms with E-state index in [4.69, 9.17) is 14.6 Å². The van der Waals surface area contributed by atoms with Gasteiger partial charge in [-0.1, -0.05) is 6.92 Å². The van der Waals surface area contributed by atoms with Crippen LogP contribution in [-0.4, -0.2) is 47.8 Å². The summed E-state index contributed by atoms with van der Waals surface area (Å²) in [6, 6.07) is 0.449. The maximum absolute atomic E-state index is 13.2. The van der Waals surface area contributed by atoms with E-state index >= 15 is 0 Å². The van der Waals surface area contributed by atoms with Gasteiger partial charge in [0.1, 0.15) is 17.3 Å². The number of rotatable bonds is 7. The Morgan fingerprint density at radius 3 is 2.59 bits per heavy atom. The highest BCUT2D eigenvalue weighted by Crippen LogP contribution is 2.35. The highest BCUT2D eigenvalue weighted by Gasteiger charge is 2.36. The van der Waals surface area contributed by atoms with Crippen LogP contribution in [0.1, 0.15) is 42.2 Å². The molecule has 1 aromatic rings. The average molecular weight is 390 g/mol. The van der Waals surface area contributed by atoms with Gasteiger partial charge >= 0.3 is 12.1 Å². The molecule has 1 amide bonds. The lowest BCUT2D eigenvalue weighted by Crippen LogP contribution is -2.40. The number of carbonyl (C=O) groups is 2. The van der Waals surface area contributed by atoms with Crippen LogP contribution < -0.4 is 10.1 Å². The molecule has 0 aromatic carbocycles. The monoisotopic (exact) mass is 390 g/mol. The predicted octanol–water partition coefficient (Wildman–Crippen LogP) is 2.50. The molecule has 1 atom stereocenters. The summed E-state index contributed by atoms with van der Waals surface area (Å²) in [4.78, 5) is 26.8. The maximum Gasteiger partial charge on any atom is 0.421 e. The second-order valence-electron chi connectivity index (χ2n) is 6.19. The Kier molecular flexibility index (Phi) is 7.00. The molecule has 150 valence electrons. The average Bonchev–Trinajstić information content (AvgIpc) is 2.63. The lowest BCUT2D eigenvalue weighted by Gasteiger charge is -2.23. The van der Waals surface area contributed by atoms with Gasteiger partial charge in [-0.15, -0.1) is 0 Å². The van der Waals surface area contributed by atoms with Crippen LogP contribution in [0.3, 0.4) is 0 Å². The van der Waals surface area contributed by atoms with Gasteiger partial charge in [-0.05, 0) is 37.3 Å². The molecule has 1 saturated heterocycles. The molecule has 1 unspecified atom stereocenters. The molecule has 0 saturated carbocycles. The first kappa shape index (κ1) is 20.9. The van der Waals surface area contributed by atoms with Crippen LogP contribution >= 0.6 is 0 Å². The first-order chi connectivity index (χ1) is 12.7. The van der Waals surface area contributed by atoms with Gasteiger partial charge in [0.2, 0.25) is 5.88 Å². The van der Waals surface area contributed by atoms with Crippen LogP contribution in [0.4, 0.5) is 13.2 Å². The Morgan fingerprint density at radius 1 is 1.37 bits per heavy atom. The molecule has 7 nitrogen and oxygen atoms in total. The van der Waals surface area contributed by atoms with Crippen molar-refractivity contribution in [2.45, 2.75) is 38.4 Å². The van der Waals surface area contributed by atoms with Gasteiger partial charge in [-0.3, -0.25) is 4.79 Å². The third-order valence-electron chi connectivity index (χ3n) is 4.21. The molecule has 2 heterocycles. The topological polar surface area (TPSA) is 97.8 Å². The molecule has 27 heavy (non-hydrogen) atoms. The van der Waals surface area contributed by atoms with Crippen molar-refractivity contribution < 1.29 is 37.3 Å². The summed E-state index contributed by atoms with van der Waals surface area (Å²) in [5.74, 6) is -2.77. The molecular formula is C17H21F3N2O5. The molecular weight excluding hydrogens is 369 g/mol. The quantitative estimate of drug-likeness (QED) is 0.742. The molecule has 0 aliphatic carbocycles. The van der Waals surface area contributed by atoms with E-state index in [0.717, 1.165) is 6.07 Å². The number of hydrogen-bond donors (Lipinski definition) is 2. The molecule has 10 heteroatoms. The van der Waals surface area contributed by atoms with E-state index in [9.17, 15) is 22.8 Å². The van der Waals surface area contributed by atoms with E-state index in [1.807, 2.05) is 0 Å². The van der Waals surface area contributed by atoms with Crippen LogP contribution in [0.15, 0.2) is 12.1 Å². The Bertz CT molecular complexity index is 675. The highest BCUT2D eigenvalue weighted by atomic mass is 19.4. The fraction of sp³-hybridized carbons (Fsp3) is 0.588. The third-order valence-corrected chi connectivity index (χ3v) is 4.21. The minimum atomic E-state index is -4.69. The molecule has 2 rings (SSSR count). The van der Waals surface area contributed by atoms with Crippen LogP contribution in [0.5, 0.6) is 5.88 Å². The number of pyridine rings is 1. The number of halogens is 3. The lowest BCUT2D eigenvalue weighted by atomic mass is 10.0. The number of alkyl halides is 3. The Hall–Kier alpha value is -2.36. The Morgan fingerprint density at radius 2 is 2.04 bits per heavy atom. The third kappa shape index (κ3) is 5.81. The van der Waals surface area contributed by atoms with Gasteiger partial charge in [-0.25, -0.2) is 9.78 Å². The number of nitrogens with one attached hydrogen (secondary N) is 1. The summed E-state index contributed by atoms with van der Waals surface area (Å²) in [5, 5.41) is 11.2. The van der Waals surface area contributed by atoms with Gasteiger partial charge < -0.3 is 19.9 Å². The van der Waals surface area contributed by atoms with Crippen molar-refractivity contribution in [2.75, 3.05) is 19.8 Å². The smallest absolute Gasteiger partial charge is 0.421 e. The van der Waals surface area contributed by atoms with Crippen molar-refractivity contribution in [3.63, 3.8) is 0 Å². The number of hydrogen-bond acceptors (Lipinski definition) is 5. The van der Waals surface area contributed by atoms with E-state index in [2.05, 4.69) is 10.3 Å². The molecule has 1 fully saturated rings. The predicted molar refractivity (Wildman–Crippen MR) is 87.5 cm³/mol. The van der Waals surface area contributed by atoms with Crippen LogP contribution in [0, 0.1) is 5.92 Å². The summed E-state index contributed by atoms with van der Waals surface area (Å²) in [7, 11) is 0. The maximum atomic E-state index is 13.2. The second-order valence-corrected chi connectivity index (χ2v) is 6.19. The normalized spacial score (nSPS) is 16.6. The van der Waals surface area contributed by atoms with Crippen LogP contribution in [-0.2, 0) is 15.7 Å². The lowest BCUT2D eigenvalue weighted by molar-refractivity contribution is -0.140. The largest absolute Gasteiger partial charge is 0.480 e. The number of aromatic nitrogens is 1. The van der Waals surface area contributed by atoms with Gasteiger partial charge in [0, 0.05) is 13.2 Å². The number of amides is 1. The van der Waals surface area contributed by atoms with Gasteiger partial charge in [-0.2, -0.15) is 13.2 Å². The SMILES string of the molecule is CCC(NC(=O)c1ccc(C(F)(F)F)c(OCC2CCOCC2)n1)C(=O)O. The zero-order valence-electron chi connectivity index (χ0n) is 14.7. The van der Waals surface area contributed by atoms with Crippen molar-refractivity contribution in [2.24, 2.45) is 5.92 Å². The number of aliphatic carboxylic acids is 1. The number of carboxylic acid groups (broad SMARTS) is 1. The minimum Gasteiger partial charge on any atom is -0.480 e. The number of nitrogens with zero attached hydrogens (tertiary/aromatic N) is 1. The standard InChI is InChI=1S/C17H21F3N2O5/c1-2-12(16(24)25)21-14(23)13-4-3-11(17(18,19)20)15(22-13)27-9-10-5-7-26-8-6-10/h3-4,10,12H,2,5-9H2,1H3,(H,21,23)(H,24,25). The van der Waals surface area contributed by atoms with E-state index in [1.165, 1.54) is 0 Å². The second kappa shape index (κ2) is 9.03. The van der Waals surface area contributed by atoms with E-state index in [0.29, 0.717) is 32.1 Å². The van der Waals surface area contributed by atoms with Crippen LogP contribution in [0.25, 0.3) is 0 Å². The van der Waals surface area contributed by atoms with E-state index < -0.39 is 35.5 Å². The van der Waals surface area contributed by atoms with E-state index in [-0.39, 0.29) is 24.6 Å².